The average molecular weight is 191 g/mol. The van der Waals surface area contributed by atoms with E-state index in [9.17, 15) is 4.79 Å². The second-order valence-electron chi connectivity index (χ2n) is 2.86. The van der Waals surface area contributed by atoms with Gasteiger partial charge in [-0.3, -0.25) is 4.79 Å². The van der Waals surface area contributed by atoms with Crippen LogP contribution in [0.3, 0.4) is 0 Å². The molecule has 1 aromatic rings. The van der Waals surface area contributed by atoms with Crippen molar-refractivity contribution in [1.82, 2.24) is 5.43 Å². The van der Waals surface area contributed by atoms with Crippen LogP contribution in [0.5, 0.6) is 0 Å². The van der Waals surface area contributed by atoms with E-state index in [1.54, 1.807) is 31.2 Å². The summed E-state index contributed by atoms with van der Waals surface area (Å²) >= 11 is 0. The quantitative estimate of drug-likeness (QED) is 0.547. The second kappa shape index (κ2) is 5.14. The van der Waals surface area contributed by atoms with Crippen LogP contribution in [-0.4, -0.2) is 18.2 Å². The van der Waals surface area contributed by atoms with Crippen molar-refractivity contribution in [2.24, 2.45) is 10.8 Å². The van der Waals surface area contributed by atoms with Gasteiger partial charge in [0, 0.05) is 17.8 Å². The number of nitrogens with two attached hydrogens (primary N) is 1. The van der Waals surface area contributed by atoms with E-state index in [1.807, 2.05) is 6.07 Å². The Bertz CT molecular complexity index is 332. The zero-order chi connectivity index (χ0) is 10.4. The molecule has 0 aliphatic rings. The minimum absolute atomic E-state index is 0.224. The predicted octanol–water partition coefficient (Wildman–Crippen LogP) is 0.751. The van der Waals surface area contributed by atoms with Crippen molar-refractivity contribution in [3.63, 3.8) is 0 Å². The van der Waals surface area contributed by atoms with E-state index < -0.39 is 0 Å². The van der Waals surface area contributed by atoms with Crippen LogP contribution in [-0.2, 0) is 0 Å². The summed E-state index contributed by atoms with van der Waals surface area (Å²) in [7, 11) is 0. The molecule has 74 valence electrons. The molecule has 4 nitrogen and oxygen atoms in total. The summed E-state index contributed by atoms with van der Waals surface area (Å²) in [6.07, 6.45) is 0. The maximum absolute atomic E-state index is 11.4. The monoisotopic (exact) mass is 191 g/mol. The molecular weight excluding hydrogens is 178 g/mol. The fourth-order valence-corrected chi connectivity index (χ4v) is 0.846. The first kappa shape index (κ1) is 10.4. The van der Waals surface area contributed by atoms with Crippen LogP contribution in [0.25, 0.3) is 0 Å². The Morgan fingerprint density at radius 1 is 1.43 bits per heavy atom. The van der Waals surface area contributed by atoms with Crippen LogP contribution in [0, 0.1) is 0 Å². The van der Waals surface area contributed by atoms with Gasteiger partial charge in [-0.2, -0.15) is 5.10 Å². The van der Waals surface area contributed by atoms with Crippen LogP contribution in [0.15, 0.2) is 35.4 Å². The van der Waals surface area contributed by atoms with Crippen LogP contribution < -0.4 is 11.2 Å². The maximum atomic E-state index is 11.4. The molecule has 0 aliphatic carbocycles. The van der Waals surface area contributed by atoms with Gasteiger partial charge in [0.05, 0.1) is 0 Å². The molecule has 0 saturated carbocycles. The van der Waals surface area contributed by atoms with E-state index in [-0.39, 0.29) is 5.91 Å². The highest BCUT2D eigenvalue weighted by Crippen LogP contribution is 1.97. The molecule has 0 atom stereocenters. The topological polar surface area (TPSA) is 67.5 Å². The second-order valence-corrected chi connectivity index (χ2v) is 2.86. The fraction of sp³-hybridized carbons (Fsp3) is 0.200. The first-order valence-corrected chi connectivity index (χ1v) is 4.32. The number of hydrogen-bond donors (Lipinski definition) is 2. The molecule has 4 heteroatoms. The molecule has 14 heavy (non-hydrogen) atoms. The van der Waals surface area contributed by atoms with Crippen LogP contribution in [0.2, 0.25) is 0 Å². The van der Waals surface area contributed by atoms with Gasteiger partial charge in [-0.1, -0.05) is 18.2 Å². The van der Waals surface area contributed by atoms with E-state index in [2.05, 4.69) is 10.5 Å². The zero-order valence-electron chi connectivity index (χ0n) is 8.03. The zero-order valence-corrected chi connectivity index (χ0v) is 8.03. The summed E-state index contributed by atoms with van der Waals surface area (Å²) in [4.78, 5) is 11.4. The van der Waals surface area contributed by atoms with Crippen molar-refractivity contribution in [2.75, 3.05) is 6.54 Å². The Kier molecular flexibility index (Phi) is 3.82. The lowest BCUT2D eigenvalue weighted by molar-refractivity contribution is 0.0955. The molecule has 0 spiro atoms. The fourth-order valence-electron chi connectivity index (χ4n) is 0.846. The third-order valence-corrected chi connectivity index (χ3v) is 1.68. The largest absolute Gasteiger partial charge is 0.325 e. The van der Waals surface area contributed by atoms with Crippen LogP contribution >= 0.6 is 0 Å². The standard InChI is InChI=1S/C10H13N3O/c1-8(7-11)12-13-10(14)9-5-3-2-4-6-9/h2-6H,7,11H2,1H3,(H,13,14). The first-order valence-electron chi connectivity index (χ1n) is 4.32. The number of hydrogen-bond acceptors (Lipinski definition) is 3. The molecule has 1 aromatic carbocycles. The number of rotatable bonds is 3. The van der Waals surface area contributed by atoms with Crippen molar-refractivity contribution >= 4 is 11.6 Å². The molecule has 0 radical (unpaired) electrons. The van der Waals surface area contributed by atoms with Gasteiger partial charge in [0.1, 0.15) is 0 Å². The molecule has 0 unspecified atom stereocenters. The number of carbonyl (C=O) groups is 1. The first-order chi connectivity index (χ1) is 6.74. The number of hydrazone groups is 1. The van der Waals surface area contributed by atoms with E-state index in [1.165, 1.54) is 0 Å². The van der Waals surface area contributed by atoms with Crippen molar-refractivity contribution in [3.05, 3.63) is 35.9 Å². The summed E-state index contributed by atoms with van der Waals surface area (Å²) in [5.41, 5.74) is 9.01. The molecule has 0 aromatic heterocycles. The van der Waals surface area contributed by atoms with Gasteiger partial charge in [0.25, 0.3) is 5.91 Å². The lowest BCUT2D eigenvalue weighted by Crippen LogP contribution is -2.21. The summed E-state index contributed by atoms with van der Waals surface area (Å²) in [6, 6.07) is 8.90. The van der Waals surface area contributed by atoms with E-state index >= 15 is 0 Å². The normalized spacial score (nSPS) is 11.1. The molecule has 0 aliphatic heterocycles. The van der Waals surface area contributed by atoms with Gasteiger partial charge in [0.2, 0.25) is 0 Å². The van der Waals surface area contributed by atoms with Crippen molar-refractivity contribution < 1.29 is 4.79 Å². The SMILES string of the molecule is CC(CN)=NNC(=O)c1ccccc1. The molecule has 0 heterocycles. The Hall–Kier alpha value is -1.68. The molecular formula is C10H13N3O. The summed E-state index contributed by atoms with van der Waals surface area (Å²) in [5, 5.41) is 3.81. The van der Waals surface area contributed by atoms with Gasteiger partial charge < -0.3 is 5.73 Å². The lowest BCUT2D eigenvalue weighted by Gasteiger charge is -2.00. The molecule has 0 bridgehead atoms. The summed E-state index contributed by atoms with van der Waals surface area (Å²) < 4.78 is 0. The van der Waals surface area contributed by atoms with Crippen LogP contribution in [0.1, 0.15) is 17.3 Å². The van der Waals surface area contributed by atoms with Crippen molar-refractivity contribution in [2.45, 2.75) is 6.92 Å². The highest BCUT2D eigenvalue weighted by molar-refractivity contribution is 5.95. The van der Waals surface area contributed by atoms with Gasteiger partial charge in [-0.15, -0.1) is 0 Å². The highest BCUT2D eigenvalue weighted by atomic mass is 16.2. The van der Waals surface area contributed by atoms with Crippen molar-refractivity contribution in [3.8, 4) is 0 Å². The van der Waals surface area contributed by atoms with E-state index in [0.717, 1.165) is 0 Å². The van der Waals surface area contributed by atoms with Crippen molar-refractivity contribution in [1.29, 1.82) is 0 Å². The molecule has 0 saturated heterocycles. The number of nitrogens with zero attached hydrogens (tertiary/aromatic N) is 1. The molecule has 0 fully saturated rings. The van der Waals surface area contributed by atoms with Gasteiger partial charge in [-0.25, -0.2) is 5.43 Å². The highest BCUT2D eigenvalue weighted by Gasteiger charge is 2.01. The van der Waals surface area contributed by atoms with Crippen LogP contribution in [0.4, 0.5) is 0 Å². The number of nitrogens with one attached hydrogen (secondary N) is 1. The average Bonchev–Trinajstić information content (AvgIpc) is 2.26. The Labute approximate surface area is 82.8 Å². The predicted molar refractivity (Wildman–Crippen MR) is 56.1 cm³/mol. The van der Waals surface area contributed by atoms with E-state index in [4.69, 9.17) is 5.73 Å². The Balaban J connectivity index is 2.60. The smallest absolute Gasteiger partial charge is 0.271 e. The van der Waals surface area contributed by atoms with E-state index in [0.29, 0.717) is 17.8 Å². The molecule has 3 N–H and O–H groups in total. The number of amides is 1. The third-order valence-electron chi connectivity index (χ3n) is 1.68. The summed E-state index contributed by atoms with van der Waals surface area (Å²) in [5.74, 6) is -0.224. The minimum atomic E-state index is -0.224. The molecule has 1 rings (SSSR count). The van der Waals surface area contributed by atoms with Gasteiger partial charge in [-0.05, 0) is 19.1 Å². The number of carbonyl (C=O) groups excluding carboxylic acids is 1. The minimum Gasteiger partial charge on any atom is -0.325 e. The summed E-state index contributed by atoms with van der Waals surface area (Å²) in [6.45, 7) is 2.10. The number of benzene rings is 1. The Morgan fingerprint density at radius 2 is 2.07 bits per heavy atom. The molecule has 1 amide bonds. The third kappa shape index (κ3) is 2.99. The lowest BCUT2D eigenvalue weighted by atomic mass is 10.2. The maximum Gasteiger partial charge on any atom is 0.271 e. The van der Waals surface area contributed by atoms with Gasteiger partial charge >= 0.3 is 0 Å². The van der Waals surface area contributed by atoms with Gasteiger partial charge in [0.15, 0.2) is 0 Å². The Morgan fingerprint density at radius 3 is 2.64 bits per heavy atom.